The third kappa shape index (κ3) is 3.05. The summed E-state index contributed by atoms with van der Waals surface area (Å²) in [5, 5.41) is 0.675. The van der Waals surface area contributed by atoms with E-state index < -0.39 is 0 Å². The lowest BCUT2D eigenvalue weighted by Crippen LogP contribution is -2.17. The van der Waals surface area contributed by atoms with E-state index in [1.54, 1.807) is 11.3 Å². The van der Waals surface area contributed by atoms with Gasteiger partial charge in [0.2, 0.25) is 0 Å². The molecule has 1 aromatic carbocycles. The third-order valence-corrected chi connectivity index (χ3v) is 4.04. The lowest BCUT2D eigenvalue weighted by atomic mass is 10.2. The van der Waals surface area contributed by atoms with Crippen molar-refractivity contribution in [2.75, 3.05) is 6.54 Å². The summed E-state index contributed by atoms with van der Waals surface area (Å²) < 4.78 is 5.98. The summed E-state index contributed by atoms with van der Waals surface area (Å²) in [5.74, 6) is 0.795. The Hall–Kier alpha value is -1.03. The van der Waals surface area contributed by atoms with E-state index in [1.165, 1.54) is 4.88 Å². The van der Waals surface area contributed by atoms with Crippen LogP contribution < -0.4 is 10.5 Å². The molecule has 1 atom stereocenters. The Labute approximate surface area is 116 Å². The Morgan fingerprint density at radius 1 is 1.28 bits per heavy atom. The summed E-state index contributed by atoms with van der Waals surface area (Å²) in [7, 11) is 0. The Kier molecular flexibility index (Phi) is 4.27. The van der Waals surface area contributed by atoms with E-state index in [4.69, 9.17) is 22.1 Å². The molecule has 96 valence electrons. The van der Waals surface area contributed by atoms with Crippen LogP contribution in [0.1, 0.15) is 21.4 Å². The van der Waals surface area contributed by atoms with Crippen molar-refractivity contribution < 1.29 is 4.74 Å². The molecular weight excluding hydrogens is 266 g/mol. The normalized spacial score (nSPS) is 12.4. The summed E-state index contributed by atoms with van der Waals surface area (Å²) in [6.45, 7) is 4.52. The van der Waals surface area contributed by atoms with Crippen molar-refractivity contribution >= 4 is 22.9 Å². The topological polar surface area (TPSA) is 35.2 Å². The number of thiophene rings is 1. The van der Waals surface area contributed by atoms with Gasteiger partial charge in [-0.1, -0.05) is 17.7 Å². The van der Waals surface area contributed by atoms with E-state index in [-0.39, 0.29) is 6.10 Å². The van der Waals surface area contributed by atoms with Crippen molar-refractivity contribution in [2.24, 2.45) is 5.73 Å². The van der Waals surface area contributed by atoms with Crippen LogP contribution in [0.5, 0.6) is 5.75 Å². The maximum absolute atomic E-state index is 5.98. The Bertz CT molecular complexity index is 538. The van der Waals surface area contributed by atoms with Gasteiger partial charge >= 0.3 is 0 Å². The van der Waals surface area contributed by atoms with E-state index in [1.807, 2.05) is 25.1 Å². The van der Waals surface area contributed by atoms with Crippen LogP contribution in [0.2, 0.25) is 5.02 Å². The molecule has 0 aliphatic carbocycles. The zero-order valence-corrected chi connectivity index (χ0v) is 12.0. The molecule has 0 spiro atoms. The van der Waals surface area contributed by atoms with Gasteiger partial charge in [0.05, 0.1) is 0 Å². The van der Waals surface area contributed by atoms with Gasteiger partial charge in [-0.15, -0.1) is 11.3 Å². The van der Waals surface area contributed by atoms with Crippen LogP contribution in [0.4, 0.5) is 0 Å². The highest BCUT2D eigenvalue weighted by Gasteiger charge is 2.14. The van der Waals surface area contributed by atoms with Crippen LogP contribution in [-0.4, -0.2) is 6.54 Å². The summed E-state index contributed by atoms with van der Waals surface area (Å²) >= 11 is 7.70. The molecule has 0 saturated heterocycles. The van der Waals surface area contributed by atoms with Gasteiger partial charge in [0, 0.05) is 21.3 Å². The fourth-order valence-corrected chi connectivity index (χ4v) is 2.78. The van der Waals surface area contributed by atoms with Crippen LogP contribution >= 0.6 is 22.9 Å². The highest BCUT2D eigenvalue weighted by molar-refractivity contribution is 7.12. The van der Waals surface area contributed by atoms with Gasteiger partial charge in [-0.25, -0.2) is 0 Å². The minimum Gasteiger partial charge on any atom is -0.483 e. The molecule has 0 amide bonds. The number of ether oxygens (including phenoxy) is 1. The number of hydrogen-bond donors (Lipinski definition) is 1. The fraction of sp³-hybridized carbons (Fsp3) is 0.286. The predicted octanol–water partition coefficient (Wildman–Crippen LogP) is 4.10. The van der Waals surface area contributed by atoms with Gasteiger partial charge in [0.15, 0.2) is 0 Å². The second-order valence-electron chi connectivity index (χ2n) is 4.20. The van der Waals surface area contributed by atoms with E-state index >= 15 is 0 Å². The standard InChI is InChI=1S/C14H16ClNOS/c1-9-3-5-11(15)7-12(9)17-13(8-16)14-6-4-10(2)18-14/h3-7,13H,8,16H2,1-2H3. The number of hydrogen-bond acceptors (Lipinski definition) is 3. The van der Waals surface area contributed by atoms with Gasteiger partial charge < -0.3 is 10.5 Å². The molecule has 0 radical (unpaired) electrons. The van der Waals surface area contributed by atoms with Crippen molar-refractivity contribution in [1.82, 2.24) is 0 Å². The average Bonchev–Trinajstić information content (AvgIpc) is 2.77. The van der Waals surface area contributed by atoms with Gasteiger partial charge in [-0.3, -0.25) is 0 Å². The molecule has 2 nitrogen and oxygen atoms in total. The number of benzene rings is 1. The molecule has 0 aliphatic heterocycles. The highest BCUT2D eigenvalue weighted by atomic mass is 35.5. The van der Waals surface area contributed by atoms with Gasteiger partial charge in [-0.05, 0) is 43.7 Å². The molecule has 1 aromatic heterocycles. The molecule has 4 heteroatoms. The van der Waals surface area contributed by atoms with Crippen molar-refractivity contribution in [1.29, 1.82) is 0 Å². The van der Waals surface area contributed by atoms with Gasteiger partial charge in [0.25, 0.3) is 0 Å². The lowest BCUT2D eigenvalue weighted by molar-refractivity contribution is 0.216. The monoisotopic (exact) mass is 281 g/mol. The molecule has 1 unspecified atom stereocenters. The third-order valence-electron chi connectivity index (χ3n) is 2.71. The average molecular weight is 282 g/mol. The molecule has 2 rings (SSSR count). The van der Waals surface area contributed by atoms with Crippen LogP contribution in [0, 0.1) is 13.8 Å². The molecule has 0 aliphatic rings. The first-order valence-electron chi connectivity index (χ1n) is 5.79. The number of rotatable bonds is 4. The van der Waals surface area contributed by atoms with Crippen molar-refractivity contribution in [2.45, 2.75) is 20.0 Å². The Balaban J connectivity index is 2.22. The minimum absolute atomic E-state index is 0.110. The summed E-state index contributed by atoms with van der Waals surface area (Å²) in [6, 6.07) is 9.79. The smallest absolute Gasteiger partial charge is 0.145 e. The molecular formula is C14H16ClNOS. The molecule has 2 N–H and O–H groups in total. The lowest BCUT2D eigenvalue weighted by Gasteiger charge is -2.17. The first-order valence-corrected chi connectivity index (χ1v) is 6.99. The second-order valence-corrected chi connectivity index (χ2v) is 5.96. The molecule has 0 fully saturated rings. The van der Waals surface area contributed by atoms with E-state index in [2.05, 4.69) is 19.1 Å². The maximum Gasteiger partial charge on any atom is 0.145 e. The summed E-state index contributed by atoms with van der Waals surface area (Å²) in [5.41, 5.74) is 6.86. The molecule has 0 bridgehead atoms. The number of nitrogens with two attached hydrogens (primary N) is 1. The van der Waals surface area contributed by atoms with Crippen LogP contribution in [0.3, 0.4) is 0 Å². The maximum atomic E-state index is 5.98. The molecule has 1 heterocycles. The quantitative estimate of drug-likeness (QED) is 0.916. The molecule has 18 heavy (non-hydrogen) atoms. The largest absolute Gasteiger partial charge is 0.483 e. The Morgan fingerprint density at radius 3 is 2.67 bits per heavy atom. The number of halogens is 1. The van der Waals surface area contributed by atoms with E-state index in [9.17, 15) is 0 Å². The minimum atomic E-state index is -0.110. The van der Waals surface area contributed by atoms with Crippen LogP contribution in [-0.2, 0) is 0 Å². The summed E-state index contributed by atoms with van der Waals surface area (Å²) in [6.07, 6.45) is -0.110. The predicted molar refractivity (Wildman–Crippen MR) is 77.7 cm³/mol. The second kappa shape index (κ2) is 5.74. The first kappa shape index (κ1) is 13.4. The Morgan fingerprint density at radius 2 is 2.06 bits per heavy atom. The fourth-order valence-electron chi connectivity index (χ4n) is 1.70. The van der Waals surface area contributed by atoms with Crippen molar-refractivity contribution in [3.05, 3.63) is 50.7 Å². The zero-order chi connectivity index (χ0) is 13.1. The SMILES string of the molecule is Cc1ccc(C(CN)Oc2cc(Cl)ccc2C)s1. The van der Waals surface area contributed by atoms with Gasteiger partial charge in [0.1, 0.15) is 11.9 Å². The highest BCUT2D eigenvalue weighted by Crippen LogP contribution is 2.30. The van der Waals surface area contributed by atoms with Crippen molar-refractivity contribution in [3.63, 3.8) is 0 Å². The summed E-state index contributed by atoms with van der Waals surface area (Å²) in [4.78, 5) is 2.41. The first-order chi connectivity index (χ1) is 8.60. The molecule has 0 saturated carbocycles. The van der Waals surface area contributed by atoms with Crippen LogP contribution in [0.25, 0.3) is 0 Å². The number of aryl methyl sites for hydroxylation is 2. The van der Waals surface area contributed by atoms with E-state index in [0.29, 0.717) is 11.6 Å². The van der Waals surface area contributed by atoms with Crippen molar-refractivity contribution in [3.8, 4) is 5.75 Å². The molecule has 2 aromatic rings. The zero-order valence-electron chi connectivity index (χ0n) is 10.4. The van der Waals surface area contributed by atoms with Gasteiger partial charge in [-0.2, -0.15) is 0 Å². The van der Waals surface area contributed by atoms with Crippen LogP contribution in [0.15, 0.2) is 30.3 Å². The van der Waals surface area contributed by atoms with E-state index in [0.717, 1.165) is 16.2 Å².